The number of aromatic nitrogens is 1. The smallest absolute Gasteiger partial charge is 0.264 e. The zero-order valence-corrected chi connectivity index (χ0v) is 29.2. The number of hydrogen-bond donors (Lipinski definition) is 2. The summed E-state index contributed by atoms with van der Waals surface area (Å²) >= 11 is 6.42. The number of benzene rings is 2. The van der Waals surface area contributed by atoms with Crippen molar-refractivity contribution in [1.29, 1.82) is 0 Å². The fourth-order valence-corrected chi connectivity index (χ4v) is 8.41. The number of pyridine rings is 1. The number of carbonyl (C=O) groups is 1. The number of anilines is 1. The quantitative estimate of drug-likeness (QED) is 0.190. The summed E-state index contributed by atoms with van der Waals surface area (Å²) in [6.07, 6.45) is 9.90. The van der Waals surface area contributed by atoms with Gasteiger partial charge in [-0.3, -0.25) is 4.79 Å². The molecule has 3 aromatic rings. The molecule has 2 N–H and O–H groups in total. The highest BCUT2D eigenvalue weighted by molar-refractivity contribution is 7.90. The first-order valence-corrected chi connectivity index (χ1v) is 18.7. The number of aryl methyl sites for hydroxylation is 1. The average Bonchev–Trinajstić information content (AvgIpc) is 3.18. The number of nitrogens with zero attached hydrogens (tertiary/aromatic N) is 2. The fourth-order valence-electron chi connectivity index (χ4n) is 7.61. The van der Waals surface area contributed by atoms with Crippen molar-refractivity contribution in [2.45, 2.75) is 75.6 Å². The van der Waals surface area contributed by atoms with E-state index >= 15 is 4.39 Å². The van der Waals surface area contributed by atoms with Crippen molar-refractivity contribution < 1.29 is 27.4 Å². The Bertz CT molecular complexity index is 1840. The monoisotopic (exact) mass is 695 g/mol. The van der Waals surface area contributed by atoms with E-state index in [4.69, 9.17) is 16.3 Å². The van der Waals surface area contributed by atoms with Crippen molar-refractivity contribution in [2.75, 3.05) is 24.6 Å². The van der Waals surface area contributed by atoms with Crippen LogP contribution in [0.1, 0.15) is 79.9 Å². The van der Waals surface area contributed by atoms with E-state index in [2.05, 4.69) is 20.7 Å². The van der Waals surface area contributed by atoms with E-state index < -0.39 is 32.7 Å². The first kappa shape index (κ1) is 34.4. The van der Waals surface area contributed by atoms with Crippen molar-refractivity contribution in [3.63, 3.8) is 0 Å². The van der Waals surface area contributed by atoms with Gasteiger partial charge in [-0.25, -0.2) is 18.1 Å². The molecule has 0 bridgehead atoms. The molecule has 11 heteroatoms. The zero-order chi connectivity index (χ0) is 34.3. The van der Waals surface area contributed by atoms with Crippen LogP contribution in [0.25, 0.3) is 0 Å². The Hall–Kier alpha value is -3.47. The Morgan fingerprint density at radius 2 is 2.06 bits per heavy atom. The maximum Gasteiger partial charge on any atom is 0.264 e. The van der Waals surface area contributed by atoms with Crippen molar-refractivity contribution in [1.82, 2.24) is 9.71 Å². The van der Waals surface area contributed by atoms with Crippen LogP contribution in [0.5, 0.6) is 5.75 Å². The lowest BCUT2D eigenvalue weighted by Crippen LogP contribution is -2.51. The van der Waals surface area contributed by atoms with Crippen molar-refractivity contribution >= 4 is 33.2 Å². The third kappa shape index (κ3) is 6.46. The maximum atomic E-state index is 15.1. The van der Waals surface area contributed by atoms with Gasteiger partial charge in [0.25, 0.3) is 5.91 Å². The number of amides is 1. The Labute approximate surface area is 287 Å². The Morgan fingerprint density at radius 3 is 2.77 bits per heavy atom. The molecule has 2 aliphatic carbocycles. The SMILES string of the molecule is CC/C=C/[C@](O)(c1cccnc1F)[C@@H]1CC[C@H]1CN1C[C@@]2(CCCc3cc(Cl)ccc32)COc2ccc(C(=O)NS(=O)(=O)C(C)C)cc21. The summed E-state index contributed by atoms with van der Waals surface area (Å²) in [5.41, 5.74) is 1.46. The van der Waals surface area contributed by atoms with E-state index in [0.29, 0.717) is 49.0 Å². The number of ether oxygens (including phenoxy) is 1. The molecule has 1 amide bonds. The van der Waals surface area contributed by atoms with Crippen LogP contribution >= 0.6 is 11.6 Å². The number of sulfonamides is 1. The predicted octanol–water partition coefficient (Wildman–Crippen LogP) is 6.70. The Morgan fingerprint density at radius 1 is 1.25 bits per heavy atom. The molecular formula is C37H43ClFN3O5S. The summed E-state index contributed by atoms with van der Waals surface area (Å²) in [4.78, 5) is 19.3. The molecule has 48 heavy (non-hydrogen) atoms. The van der Waals surface area contributed by atoms with E-state index in [1.165, 1.54) is 31.2 Å². The first-order chi connectivity index (χ1) is 22.9. The second kappa shape index (κ2) is 13.4. The summed E-state index contributed by atoms with van der Waals surface area (Å²) in [5.74, 6) is -1.14. The highest BCUT2D eigenvalue weighted by Gasteiger charge is 2.49. The molecule has 2 heterocycles. The number of aliphatic hydroxyl groups is 1. The summed E-state index contributed by atoms with van der Waals surface area (Å²) in [6, 6.07) is 14.3. The third-order valence-corrected chi connectivity index (χ3v) is 12.3. The minimum atomic E-state index is -3.85. The molecule has 0 radical (unpaired) electrons. The summed E-state index contributed by atoms with van der Waals surface area (Å²) in [7, 11) is -3.85. The predicted molar refractivity (Wildman–Crippen MR) is 185 cm³/mol. The highest BCUT2D eigenvalue weighted by Crippen LogP contribution is 2.51. The topological polar surface area (TPSA) is 109 Å². The van der Waals surface area contributed by atoms with Crippen molar-refractivity contribution in [3.8, 4) is 5.75 Å². The number of fused-ring (bicyclic) bond motifs is 3. The van der Waals surface area contributed by atoms with Gasteiger partial charge in [-0.2, -0.15) is 4.39 Å². The normalized spacial score (nSPS) is 23.5. The van der Waals surface area contributed by atoms with Crippen LogP contribution in [0, 0.1) is 17.8 Å². The molecule has 8 nitrogen and oxygen atoms in total. The average molecular weight is 696 g/mol. The van der Waals surface area contributed by atoms with Crippen LogP contribution < -0.4 is 14.4 Å². The molecule has 1 fully saturated rings. The van der Waals surface area contributed by atoms with Crippen molar-refractivity contribution in [2.24, 2.45) is 11.8 Å². The van der Waals surface area contributed by atoms with E-state index in [-0.39, 0.29) is 28.4 Å². The second-order valence-corrected chi connectivity index (χ2v) is 16.4. The minimum Gasteiger partial charge on any atom is -0.490 e. The van der Waals surface area contributed by atoms with Crippen LogP contribution in [-0.2, 0) is 27.5 Å². The molecule has 1 aliphatic heterocycles. The van der Waals surface area contributed by atoms with Gasteiger partial charge in [-0.05, 0) is 112 Å². The van der Waals surface area contributed by atoms with Gasteiger partial charge in [0.2, 0.25) is 16.0 Å². The van der Waals surface area contributed by atoms with Gasteiger partial charge in [-0.15, -0.1) is 0 Å². The highest BCUT2D eigenvalue weighted by atomic mass is 35.5. The Kier molecular flexibility index (Phi) is 9.63. The van der Waals surface area contributed by atoms with Gasteiger partial charge < -0.3 is 14.7 Å². The molecule has 0 saturated heterocycles. The minimum absolute atomic E-state index is 0.0359. The zero-order valence-electron chi connectivity index (χ0n) is 27.6. The van der Waals surface area contributed by atoms with E-state index in [1.807, 2.05) is 25.1 Å². The third-order valence-electron chi connectivity index (χ3n) is 10.4. The number of rotatable bonds is 9. The van der Waals surface area contributed by atoms with E-state index in [0.717, 1.165) is 25.7 Å². The molecule has 6 rings (SSSR count). The first-order valence-electron chi connectivity index (χ1n) is 16.7. The van der Waals surface area contributed by atoms with Gasteiger partial charge in [0.15, 0.2) is 0 Å². The van der Waals surface area contributed by atoms with Crippen molar-refractivity contribution in [3.05, 3.63) is 100 Å². The molecule has 3 aliphatic rings. The molecule has 1 saturated carbocycles. The summed E-state index contributed by atoms with van der Waals surface area (Å²) in [5, 5.41) is 12.1. The number of nitrogens with one attached hydrogen (secondary N) is 1. The Balaban J connectivity index is 1.40. The molecule has 4 atom stereocenters. The molecule has 256 valence electrons. The van der Waals surface area contributed by atoms with Gasteiger partial charge in [-0.1, -0.05) is 36.7 Å². The molecule has 1 spiro atoms. The number of allylic oxidation sites excluding steroid dienone is 1. The largest absolute Gasteiger partial charge is 0.490 e. The number of carbonyl (C=O) groups excluding carboxylic acids is 1. The van der Waals surface area contributed by atoms with Gasteiger partial charge in [0.1, 0.15) is 11.4 Å². The molecular weight excluding hydrogens is 653 g/mol. The summed E-state index contributed by atoms with van der Waals surface area (Å²) in [6.45, 7) is 6.48. The fraction of sp³-hybridized carbons (Fsp3) is 0.459. The van der Waals surface area contributed by atoms with Crippen LogP contribution in [0.2, 0.25) is 5.02 Å². The van der Waals surface area contributed by atoms with Gasteiger partial charge in [0, 0.05) is 46.8 Å². The standard InChI is InChI=1S/C37H43ClFN3O5S/c1-4-5-17-37(44,31-9-7-18-40-34(31)39)30-13-10-27(30)21-42-22-36(16-6-8-25-19-28(38)12-14-29(25)36)23-47-33-15-11-26(20-32(33)42)35(43)41-48(45,46)24(2)3/h5,7,9,11-12,14-15,17-20,24,27,30,44H,4,6,8,10,13,16,21-23H2,1-3H3,(H,41,43)/b17-5+/t27-,30+,36-,37+/m0/s1. The lowest BCUT2D eigenvalue weighted by molar-refractivity contribution is -0.0525. The van der Waals surface area contributed by atoms with Crippen LogP contribution in [-0.4, -0.2) is 49.4 Å². The maximum absolute atomic E-state index is 15.1. The number of hydrogen-bond acceptors (Lipinski definition) is 7. The molecule has 0 unspecified atom stereocenters. The van der Waals surface area contributed by atoms with E-state index in [9.17, 15) is 18.3 Å². The summed E-state index contributed by atoms with van der Waals surface area (Å²) < 4.78 is 49.0. The van der Waals surface area contributed by atoms with E-state index in [1.54, 1.807) is 36.4 Å². The van der Waals surface area contributed by atoms with Crippen LogP contribution in [0.15, 0.2) is 66.9 Å². The van der Waals surface area contributed by atoms with Crippen LogP contribution in [0.3, 0.4) is 0 Å². The molecule has 2 aromatic carbocycles. The van der Waals surface area contributed by atoms with Crippen LogP contribution in [0.4, 0.5) is 10.1 Å². The van der Waals surface area contributed by atoms with Gasteiger partial charge >= 0.3 is 0 Å². The number of halogens is 2. The molecule has 1 aromatic heterocycles. The second-order valence-electron chi connectivity index (χ2n) is 13.7. The van der Waals surface area contributed by atoms with Gasteiger partial charge in [0.05, 0.1) is 17.5 Å². The lowest BCUT2D eigenvalue weighted by atomic mass is 9.62. The lowest BCUT2D eigenvalue weighted by Gasteiger charge is -2.49.